The van der Waals surface area contributed by atoms with Crippen LogP contribution in [0, 0.1) is 0 Å². The summed E-state index contributed by atoms with van der Waals surface area (Å²) in [7, 11) is 1.70. The van der Waals surface area contributed by atoms with Crippen LogP contribution in [0.5, 0.6) is 0 Å². The fraction of sp³-hybridized carbons (Fsp3) is 0.778. The van der Waals surface area contributed by atoms with Gasteiger partial charge in [0.2, 0.25) is 0 Å². The molecule has 2 heterocycles. The lowest BCUT2D eigenvalue weighted by Gasteiger charge is -2.23. The van der Waals surface area contributed by atoms with E-state index in [4.69, 9.17) is 4.74 Å². The first kappa shape index (κ1) is 8.05. The van der Waals surface area contributed by atoms with Gasteiger partial charge in [-0.15, -0.1) is 0 Å². The van der Waals surface area contributed by atoms with E-state index in [-0.39, 0.29) is 0 Å². The topological polar surface area (TPSA) is 12.5 Å². The van der Waals surface area contributed by atoms with E-state index in [1.807, 2.05) is 0 Å². The van der Waals surface area contributed by atoms with Gasteiger partial charge in [0, 0.05) is 25.8 Å². The standard InChI is InChI=1S/C9H14FNO/c1-12-6-9-3-2-8-4-7(10)5-11(8)9/h2,7,9H,3-6H2,1H3/t7-,9?/m1/s1. The highest BCUT2D eigenvalue weighted by Crippen LogP contribution is 2.32. The first-order chi connectivity index (χ1) is 5.81. The molecule has 0 aromatic heterocycles. The van der Waals surface area contributed by atoms with E-state index in [0.717, 1.165) is 6.42 Å². The third kappa shape index (κ3) is 1.22. The summed E-state index contributed by atoms with van der Waals surface area (Å²) in [6.45, 7) is 1.28. The van der Waals surface area contributed by atoms with Crippen molar-refractivity contribution in [1.29, 1.82) is 0 Å². The summed E-state index contributed by atoms with van der Waals surface area (Å²) in [5.41, 5.74) is 1.18. The number of rotatable bonds is 2. The van der Waals surface area contributed by atoms with Crippen molar-refractivity contribution in [2.45, 2.75) is 25.1 Å². The normalized spacial score (nSPS) is 33.8. The third-order valence-electron chi connectivity index (χ3n) is 2.62. The van der Waals surface area contributed by atoms with Crippen LogP contribution >= 0.6 is 0 Å². The monoisotopic (exact) mass is 171 g/mol. The van der Waals surface area contributed by atoms with Gasteiger partial charge in [-0.3, -0.25) is 0 Å². The second kappa shape index (κ2) is 3.05. The van der Waals surface area contributed by atoms with E-state index < -0.39 is 6.17 Å². The lowest BCUT2D eigenvalue weighted by Crippen LogP contribution is -2.32. The second-order valence-electron chi connectivity index (χ2n) is 3.49. The zero-order valence-corrected chi connectivity index (χ0v) is 7.29. The molecule has 0 aliphatic carbocycles. The van der Waals surface area contributed by atoms with Crippen LogP contribution in [0.3, 0.4) is 0 Å². The second-order valence-corrected chi connectivity index (χ2v) is 3.49. The summed E-state index contributed by atoms with van der Waals surface area (Å²) in [4.78, 5) is 2.15. The fourth-order valence-electron chi connectivity index (χ4n) is 2.07. The smallest absolute Gasteiger partial charge is 0.123 e. The number of alkyl halides is 1. The van der Waals surface area contributed by atoms with Crippen molar-refractivity contribution in [3.05, 3.63) is 11.8 Å². The van der Waals surface area contributed by atoms with Crippen LogP contribution in [0.2, 0.25) is 0 Å². The minimum Gasteiger partial charge on any atom is -0.383 e. The summed E-state index contributed by atoms with van der Waals surface area (Å²) in [5, 5.41) is 0. The van der Waals surface area contributed by atoms with Crippen molar-refractivity contribution >= 4 is 0 Å². The van der Waals surface area contributed by atoms with Crippen LogP contribution in [0.15, 0.2) is 11.8 Å². The van der Waals surface area contributed by atoms with E-state index in [1.165, 1.54) is 5.70 Å². The molecule has 0 saturated carbocycles. The Morgan fingerprint density at radius 1 is 1.75 bits per heavy atom. The average Bonchev–Trinajstić information content (AvgIpc) is 2.52. The van der Waals surface area contributed by atoms with E-state index in [9.17, 15) is 4.39 Å². The van der Waals surface area contributed by atoms with Gasteiger partial charge >= 0.3 is 0 Å². The number of allylic oxidation sites excluding steroid dienone is 1. The zero-order valence-electron chi connectivity index (χ0n) is 7.29. The summed E-state index contributed by atoms with van der Waals surface area (Å²) < 4.78 is 18.0. The highest BCUT2D eigenvalue weighted by molar-refractivity contribution is 5.17. The molecule has 0 aromatic carbocycles. The zero-order chi connectivity index (χ0) is 8.55. The molecule has 0 N–H and O–H groups in total. The van der Waals surface area contributed by atoms with Gasteiger partial charge in [0.25, 0.3) is 0 Å². The number of methoxy groups -OCH3 is 1. The molecule has 2 rings (SSSR count). The SMILES string of the molecule is COCC1CC=C2C[C@@H](F)CN21. The van der Waals surface area contributed by atoms with Crippen molar-refractivity contribution in [2.24, 2.45) is 0 Å². The van der Waals surface area contributed by atoms with E-state index in [0.29, 0.717) is 25.6 Å². The predicted octanol–water partition coefficient (Wildman–Crippen LogP) is 1.33. The van der Waals surface area contributed by atoms with Gasteiger partial charge in [-0.25, -0.2) is 4.39 Å². The molecule has 0 spiro atoms. The Morgan fingerprint density at radius 2 is 2.58 bits per heavy atom. The molecule has 1 saturated heterocycles. The van der Waals surface area contributed by atoms with Gasteiger partial charge in [0.1, 0.15) is 6.17 Å². The third-order valence-corrected chi connectivity index (χ3v) is 2.62. The van der Waals surface area contributed by atoms with Crippen LogP contribution in [0.25, 0.3) is 0 Å². The highest BCUT2D eigenvalue weighted by atomic mass is 19.1. The van der Waals surface area contributed by atoms with Gasteiger partial charge in [-0.1, -0.05) is 6.08 Å². The van der Waals surface area contributed by atoms with E-state index in [2.05, 4.69) is 11.0 Å². The van der Waals surface area contributed by atoms with Crippen molar-refractivity contribution < 1.29 is 9.13 Å². The molecule has 2 atom stereocenters. The number of ether oxygens (including phenoxy) is 1. The maximum atomic E-state index is 12.9. The molecule has 68 valence electrons. The Balaban J connectivity index is 2.00. The molecule has 2 aliphatic heterocycles. The number of hydrogen-bond donors (Lipinski definition) is 0. The van der Waals surface area contributed by atoms with Gasteiger partial charge in [0.05, 0.1) is 12.6 Å². The van der Waals surface area contributed by atoms with Gasteiger partial charge in [0.15, 0.2) is 0 Å². The maximum absolute atomic E-state index is 12.9. The largest absolute Gasteiger partial charge is 0.383 e. The van der Waals surface area contributed by atoms with Crippen LogP contribution in [0.1, 0.15) is 12.8 Å². The molecule has 2 nitrogen and oxygen atoms in total. The van der Waals surface area contributed by atoms with Crippen molar-refractivity contribution in [3.63, 3.8) is 0 Å². The quantitative estimate of drug-likeness (QED) is 0.621. The summed E-state index contributed by atoms with van der Waals surface area (Å²) >= 11 is 0. The Bertz CT molecular complexity index is 205. The summed E-state index contributed by atoms with van der Waals surface area (Å²) in [6.07, 6.45) is 3.12. The van der Waals surface area contributed by atoms with Crippen molar-refractivity contribution in [3.8, 4) is 0 Å². The molecule has 0 amide bonds. The Hall–Kier alpha value is -0.570. The Kier molecular flexibility index (Phi) is 2.05. The van der Waals surface area contributed by atoms with Crippen molar-refractivity contribution in [2.75, 3.05) is 20.3 Å². The van der Waals surface area contributed by atoms with Crippen LogP contribution in [-0.2, 0) is 4.74 Å². The molecule has 12 heavy (non-hydrogen) atoms. The van der Waals surface area contributed by atoms with E-state index >= 15 is 0 Å². The average molecular weight is 171 g/mol. The lowest BCUT2D eigenvalue weighted by molar-refractivity contribution is 0.123. The molecule has 0 bridgehead atoms. The van der Waals surface area contributed by atoms with Gasteiger partial charge in [-0.05, 0) is 6.42 Å². The number of hydrogen-bond acceptors (Lipinski definition) is 2. The van der Waals surface area contributed by atoms with Gasteiger partial charge in [-0.2, -0.15) is 0 Å². The first-order valence-electron chi connectivity index (χ1n) is 4.40. The minimum absolute atomic E-state index is 0.394. The number of nitrogens with zero attached hydrogens (tertiary/aromatic N) is 1. The van der Waals surface area contributed by atoms with Crippen LogP contribution < -0.4 is 0 Å². The summed E-state index contributed by atoms with van der Waals surface area (Å²) in [6, 6.07) is 0.394. The molecule has 0 aromatic rings. The highest BCUT2D eigenvalue weighted by Gasteiger charge is 2.34. The molecule has 1 fully saturated rings. The van der Waals surface area contributed by atoms with Crippen LogP contribution in [0.4, 0.5) is 4.39 Å². The molecule has 3 heteroatoms. The maximum Gasteiger partial charge on any atom is 0.123 e. The molecule has 2 aliphatic rings. The van der Waals surface area contributed by atoms with E-state index in [1.54, 1.807) is 7.11 Å². The predicted molar refractivity (Wildman–Crippen MR) is 44.6 cm³/mol. The van der Waals surface area contributed by atoms with Crippen LogP contribution in [-0.4, -0.2) is 37.4 Å². The molecular weight excluding hydrogens is 157 g/mol. The first-order valence-corrected chi connectivity index (χ1v) is 4.40. The summed E-state index contributed by atoms with van der Waals surface area (Å²) in [5.74, 6) is 0. The lowest BCUT2D eigenvalue weighted by atomic mass is 10.2. The molecule has 1 unspecified atom stereocenters. The number of halogens is 1. The van der Waals surface area contributed by atoms with Gasteiger partial charge < -0.3 is 9.64 Å². The Morgan fingerprint density at radius 3 is 3.33 bits per heavy atom. The molecular formula is C9H14FNO. The fourth-order valence-corrected chi connectivity index (χ4v) is 2.07. The minimum atomic E-state index is -0.657. The number of fused-ring (bicyclic) bond motifs is 1. The molecule has 0 radical (unpaired) electrons. The Labute approximate surface area is 72.0 Å². The van der Waals surface area contributed by atoms with Crippen molar-refractivity contribution in [1.82, 2.24) is 4.90 Å².